The van der Waals surface area contributed by atoms with E-state index in [-0.39, 0.29) is 0 Å². The highest BCUT2D eigenvalue weighted by molar-refractivity contribution is 8.00. The van der Waals surface area contributed by atoms with Gasteiger partial charge >= 0.3 is 0 Å². The van der Waals surface area contributed by atoms with E-state index in [1.54, 1.807) is 0 Å². The third-order valence-electron chi connectivity index (χ3n) is 4.16. The van der Waals surface area contributed by atoms with Gasteiger partial charge in [-0.25, -0.2) is 0 Å². The fourth-order valence-corrected chi connectivity index (χ4v) is 4.88. The van der Waals surface area contributed by atoms with E-state index in [0.29, 0.717) is 4.87 Å². The summed E-state index contributed by atoms with van der Waals surface area (Å²) in [5.41, 5.74) is 0. The molecule has 3 fully saturated rings. The minimum absolute atomic E-state index is 0.505. The zero-order chi connectivity index (χ0) is 9.60. The number of thioether (sulfide) groups is 1. The van der Waals surface area contributed by atoms with Gasteiger partial charge in [-0.3, -0.25) is 5.32 Å². The third kappa shape index (κ3) is 1.71. The smallest absolute Gasteiger partial charge is 0.0650 e. The Morgan fingerprint density at radius 1 is 1.21 bits per heavy atom. The van der Waals surface area contributed by atoms with E-state index >= 15 is 0 Å². The predicted molar refractivity (Wildman–Crippen MR) is 62.5 cm³/mol. The van der Waals surface area contributed by atoms with Gasteiger partial charge in [-0.15, -0.1) is 11.8 Å². The van der Waals surface area contributed by atoms with E-state index < -0.39 is 0 Å². The summed E-state index contributed by atoms with van der Waals surface area (Å²) in [4.78, 5) is 0.505. The molecule has 14 heavy (non-hydrogen) atoms. The highest BCUT2D eigenvalue weighted by Crippen LogP contribution is 2.51. The monoisotopic (exact) mass is 211 g/mol. The van der Waals surface area contributed by atoms with Gasteiger partial charge in [0.2, 0.25) is 0 Å². The Balaban J connectivity index is 1.67. The second-order valence-electron chi connectivity index (χ2n) is 5.54. The van der Waals surface area contributed by atoms with Crippen molar-refractivity contribution in [2.45, 2.75) is 56.4 Å². The lowest BCUT2D eigenvalue weighted by molar-refractivity contribution is 0.238. The van der Waals surface area contributed by atoms with Crippen molar-refractivity contribution >= 4 is 11.8 Å². The molecule has 3 aliphatic rings. The topological polar surface area (TPSA) is 12.0 Å². The van der Waals surface area contributed by atoms with Crippen LogP contribution in [0.1, 0.15) is 45.4 Å². The Hall–Kier alpha value is 0.310. The maximum absolute atomic E-state index is 3.84. The maximum atomic E-state index is 3.84. The van der Waals surface area contributed by atoms with Gasteiger partial charge in [-0.05, 0) is 50.9 Å². The quantitative estimate of drug-likeness (QED) is 0.715. The molecule has 2 aliphatic carbocycles. The summed E-state index contributed by atoms with van der Waals surface area (Å²) in [5.74, 6) is 3.51. The van der Waals surface area contributed by atoms with Crippen LogP contribution in [0.2, 0.25) is 0 Å². The van der Waals surface area contributed by atoms with Crippen LogP contribution >= 0.6 is 11.8 Å². The minimum Gasteiger partial charge on any atom is -0.299 e. The lowest BCUT2D eigenvalue weighted by Gasteiger charge is -2.38. The molecule has 1 saturated heterocycles. The first kappa shape index (κ1) is 9.53. The summed E-state index contributed by atoms with van der Waals surface area (Å²) in [6, 6.07) is 0.748. The highest BCUT2D eigenvalue weighted by Gasteiger charge is 2.45. The van der Waals surface area contributed by atoms with Crippen LogP contribution in [0, 0.1) is 11.8 Å². The van der Waals surface area contributed by atoms with Crippen molar-refractivity contribution in [1.29, 1.82) is 0 Å². The predicted octanol–water partition coefficient (Wildman–Crippen LogP) is 3.01. The zero-order valence-electron chi connectivity index (χ0n) is 9.09. The molecule has 80 valence electrons. The molecule has 2 heteroatoms. The Labute approximate surface area is 91.4 Å². The van der Waals surface area contributed by atoms with Crippen molar-refractivity contribution in [3.8, 4) is 0 Å². The molecule has 1 heterocycles. The van der Waals surface area contributed by atoms with Crippen molar-refractivity contribution < 1.29 is 0 Å². The summed E-state index contributed by atoms with van der Waals surface area (Å²) >= 11 is 2.21. The van der Waals surface area contributed by atoms with E-state index in [0.717, 1.165) is 17.9 Å². The van der Waals surface area contributed by atoms with Crippen molar-refractivity contribution in [2.24, 2.45) is 11.8 Å². The number of nitrogens with one attached hydrogen (secondary N) is 1. The molecule has 0 aromatic carbocycles. The molecule has 1 aliphatic heterocycles. The SMILES string of the molecule is CC1CSC2(CCCC(C3CC3)C2)N1. The van der Waals surface area contributed by atoms with Crippen molar-refractivity contribution in [1.82, 2.24) is 5.32 Å². The van der Waals surface area contributed by atoms with Crippen molar-refractivity contribution in [3.63, 3.8) is 0 Å². The van der Waals surface area contributed by atoms with E-state index in [1.807, 2.05) is 0 Å². The molecule has 0 amide bonds. The maximum Gasteiger partial charge on any atom is 0.0650 e. The van der Waals surface area contributed by atoms with E-state index in [2.05, 4.69) is 24.0 Å². The van der Waals surface area contributed by atoms with Gasteiger partial charge in [-0.1, -0.05) is 6.42 Å². The van der Waals surface area contributed by atoms with Crippen LogP contribution in [0.4, 0.5) is 0 Å². The molecule has 3 rings (SSSR count). The van der Waals surface area contributed by atoms with Crippen LogP contribution in [0.25, 0.3) is 0 Å². The molecule has 1 nitrogen and oxygen atoms in total. The van der Waals surface area contributed by atoms with E-state index in [9.17, 15) is 0 Å². The van der Waals surface area contributed by atoms with Crippen LogP contribution in [0.3, 0.4) is 0 Å². The van der Waals surface area contributed by atoms with Gasteiger partial charge < -0.3 is 0 Å². The fraction of sp³-hybridized carbons (Fsp3) is 1.00. The molecular formula is C12H21NS. The lowest BCUT2D eigenvalue weighted by Crippen LogP contribution is -2.44. The Morgan fingerprint density at radius 2 is 2.07 bits per heavy atom. The normalized spacial score (nSPS) is 48.6. The first-order valence-corrected chi connectivity index (χ1v) is 7.18. The number of rotatable bonds is 1. The van der Waals surface area contributed by atoms with Gasteiger partial charge in [0.1, 0.15) is 0 Å². The van der Waals surface area contributed by atoms with Crippen molar-refractivity contribution in [3.05, 3.63) is 0 Å². The largest absolute Gasteiger partial charge is 0.299 e. The molecule has 2 saturated carbocycles. The molecule has 1 N–H and O–H groups in total. The van der Waals surface area contributed by atoms with Gasteiger partial charge in [-0.2, -0.15) is 0 Å². The van der Waals surface area contributed by atoms with Gasteiger partial charge in [0, 0.05) is 11.8 Å². The Morgan fingerprint density at radius 3 is 2.71 bits per heavy atom. The second kappa shape index (κ2) is 3.41. The molecule has 0 aromatic heterocycles. The first-order chi connectivity index (χ1) is 6.77. The highest BCUT2D eigenvalue weighted by atomic mass is 32.2. The van der Waals surface area contributed by atoms with Gasteiger partial charge in [0.25, 0.3) is 0 Å². The molecule has 0 bridgehead atoms. The summed E-state index contributed by atoms with van der Waals surface area (Å²) in [5, 5.41) is 3.84. The molecule has 1 spiro atoms. The molecular weight excluding hydrogens is 190 g/mol. The third-order valence-corrected chi connectivity index (χ3v) is 5.86. The standard InChI is InChI=1S/C12H21NS/c1-9-8-14-12(13-9)6-2-3-11(7-12)10-4-5-10/h9-11,13H,2-8H2,1H3. The summed E-state index contributed by atoms with van der Waals surface area (Å²) in [7, 11) is 0. The average Bonchev–Trinajstić information content (AvgIpc) is 2.95. The van der Waals surface area contributed by atoms with Crippen LogP contribution in [-0.4, -0.2) is 16.7 Å². The molecule has 0 aromatic rings. The number of hydrogen-bond donors (Lipinski definition) is 1. The second-order valence-corrected chi connectivity index (χ2v) is 6.95. The summed E-state index contributed by atoms with van der Waals surface area (Å²) in [6.45, 7) is 2.34. The minimum atomic E-state index is 0.505. The molecule has 3 unspecified atom stereocenters. The fourth-order valence-electron chi connectivity index (χ4n) is 3.33. The van der Waals surface area contributed by atoms with Gasteiger partial charge in [0.15, 0.2) is 0 Å². The van der Waals surface area contributed by atoms with Crippen LogP contribution in [-0.2, 0) is 0 Å². The van der Waals surface area contributed by atoms with E-state index in [1.165, 1.54) is 44.3 Å². The molecule has 3 atom stereocenters. The van der Waals surface area contributed by atoms with Crippen molar-refractivity contribution in [2.75, 3.05) is 5.75 Å². The van der Waals surface area contributed by atoms with Gasteiger partial charge in [0.05, 0.1) is 4.87 Å². The number of hydrogen-bond acceptors (Lipinski definition) is 2. The summed E-state index contributed by atoms with van der Waals surface area (Å²) in [6.07, 6.45) is 8.93. The van der Waals surface area contributed by atoms with Crippen LogP contribution in [0.15, 0.2) is 0 Å². The van der Waals surface area contributed by atoms with E-state index in [4.69, 9.17) is 0 Å². The Kier molecular flexibility index (Phi) is 2.32. The lowest BCUT2D eigenvalue weighted by atomic mass is 9.82. The van der Waals surface area contributed by atoms with Crippen LogP contribution < -0.4 is 5.32 Å². The summed E-state index contributed by atoms with van der Waals surface area (Å²) < 4.78 is 0. The molecule has 0 radical (unpaired) electrons. The first-order valence-electron chi connectivity index (χ1n) is 6.19. The zero-order valence-corrected chi connectivity index (χ0v) is 9.91. The van der Waals surface area contributed by atoms with Crippen LogP contribution in [0.5, 0.6) is 0 Å². The Bertz CT molecular complexity index is 222. The average molecular weight is 211 g/mol.